The summed E-state index contributed by atoms with van der Waals surface area (Å²) in [7, 11) is 1.99. The highest BCUT2D eigenvalue weighted by Gasteiger charge is 2.51. The third kappa shape index (κ3) is 5.97. The summed E-state index contributed by atoms with van der Waals surface area (Å²) in [5, 5.41) is 16.9. The Morgan fingerprint density at radius 2 is 1.64 bits per heavy atom. The highest BCUT2D eigenvalue weighted by atomic mass is 32.2. The zero-order chi connectivity index (χ0) is 28.7. The molecule has 42 heavy (non-hydrogen) atoms. The van der Waals surface area contributed by atoms with Crippen molar-refractivity contribution in [2.75, 3.05) is 11.1 Å². The summed E-state index contributed by atoms with van der Waals surface area (Å²) < 4.78 is 15.0. The molecule has 4 saturated carbocycles. The Morgan fingerprint density at radius 3 is 2.26 bits per heavy atom. The first-order valence-electron chi connectivity index (χ1n) is 15.2. The van der Waals surface area contributed by atoms with Crippen LogP contribution >= 0.6 is 11.8 Å². The number of aliphatic hydroxyl groups excluding tert-OH is 1. The molecular formula is C33H40N4O4S. The number of hydrogen-bond donors (Lipinski definition) is 3. The first-order chi connectivity index (χ1) is 20.4. The van der Waals surface area contributed by atoms with Crippen LogP contribution < -0.4 is 10.6 Å². The Morgan fingerprint density at radius 1 is 0.976 bits per heavy atom. The van der Waals surface area contributed by atoms with Gasteiger partial charge in [-0.05, 0) is 79.5 Å². The lowest BCUT2D eigenvalue weighted by Gasteiger charge is -2.56. The summed E-state index contributed by atoms with van der Waals surface area (Å²) >= 11 is 1.68. The van der Waals surface area contributed by atoms with E-state index in [9.17, 15) is 9.90 Å². The van der Waals surface area contributed by atoms with Crippen molar-refractivity contribution >= 4 is 23.5 Å². The van der Waals surface area contributed by atoms with Crippen molar-refractivity contribution in [3.8, 4) is 0 Å². The number of nitrogens with zero attached hydrogens (tertiary/aromatic N) is 2. The van der Waals surface area contributed by atoms with Gasteiger partial charge in [0.05, 0.1) is 18.8 Å². The number of thioether (sulfide) groups is 1. The van der Waals surface area contributed by atoms with Gasteiger partial charge in [-0.2, -0.15) is 0 Å². The molecule has 5 aliphatic rings. The molecule has 3 atom stereocenters. The Balaban J connectivity index is 1.02. The van der Waals surface area contributed by atoms with Crippen LogP contribution in [-0.2, 0) is 23.1 Å². The van der Waals surface area contributed by atoms with E-state index in [1.54, 1.807) is 18.0 Å². The first kappa shape index (κ1) is 28.0. The molecule has 4 aliphatic carbocycles. The van der Waals surface area contributed by atoms with Gasteiger partial charge in [-0.1, -0.05) is 48.2 Å². The van der Waals surface area contributed by atoms with Crippen molar-refractivity contribution < 1.29 is 19.4 Å². The molecule has 1 saturated heterocycles. The van der Waals surface area contributed by atoms with Crippen LogP contribution in [0.5, 0.6) is 0 Å². The van der Waals surface area contributed by atoms with E-state index in [0.717, 1.165) is 76.7 Å². The Kier molecular flexibility index (Phi) is 7.77. The van der Waals surface area contributed by atoms with Crippen LogP contribution in [0.15, 0.2) is 66.1 Å². The second-order valence-corrected chi connectivity index (χ2v) is 13.9. The summed E-state index contributed by atoms with van der Waals surface area (Å²) in [5.41, 5.74) is 3.58. The van der Waals surface area contributed by atoms with Crippen LogP contribution in [0.2, 0.25) is 0 Å². The maximum atomic E-state index is 13.1. The number of rotatable bonds is 8. The molecule has 0 radical (unpaired) electrons. The van der Waals surface area contributed by atoms with Gasteiger partial charge in [0.15, 0.2) is 11.4 Å². The van der Waals surface area contributed by atoms with Gasteiger partial charge in [0, 0.05) is 48.4 Å². The molecule has 8 nitrogen and oxygen atoms in total. The maximum absolute atomic E-state index is 13.1. The van der Waals surface area contributed by atoms with Gasteiger partial charge < -0.3 is 29.8 Å². The molecule has 9 heteroatoms. The number of aliphatic hydroxyl groups is 1. The van der Waals surface area contributed by atoms with Crippen LogP contribution in [0.3, 0.4) is 0 Å². The normalized spacial score (nSPS) is 31.7. The predicted molar refractivity (Wildman–Crippen MR) is 162 cm³/mol. The SMILES string of the molecule is Cn1ccnc1SCC1CC(c2ccc(CO)cc2)OC(c2ccc(NC(=O)NC34CC5CC(CC(C5)C3)C4)cc2)O1. The number of aryl methyl sites for hydroxylation is 1. The number of urea groups is 1. The zero-order valence-corrected chi connectivity index (χ0v) is 24.9. The average molecular weight is 589 g/mol. The zero-order valence-electron chi connectivity index (χ0n) is 24.1. The molecule has 1 aliphatic heterocycles. The van der Waals surface area contributed by atoms with Gasteiger partial charge in [-0.25, -0.2) is 9.78 Å². The van der Waals surface area contributed by atoms with E-state index < -0.39 is 6.29 Å². The largest absolute Gasteiger partial charge is 0.392 e. The van der Waals surface area contributed by atoms with E-state index in [1.165, 1.54) is 19.3 Å². The predicted octanol–water partition coefficient (Wildman–Crippen LogP) is 6.34. The Hall–Kier alpha value is -2.85. The summed E-state index contributed by atoms with van der Waals surface area (Å²) in [5.74, 6) is 3.11. The molecule has 2 aromatic carbocycles. The number of anilines is 1. The maximum Gasteiger partial charge on any atom is 0.319 e. The third-order valence-corrected chi connectivity index (χ3v) is 10.8. The van der Waals surface area contributed by atoms with E-state index in [2.05, 4.69) is 15.6 Å². The Bertz CT molecular complexity index is 1360. The monoisotopic (exact) mass is 588 g/mol. The topological polar surface area (TPSA) is 97.6 Å². The van der Waals surface area contributed by atoms with Gasteiger partial charge in [-0.3, -0.25) is 0 Å². The van der Waals surface area contributed by atoms with Crippen molar-refractivity contribution in [2.45, 2.75) is 80.7 Å². The van der Waals surface area contributed by atoms with E-state index >= 15 is 0 Å². The molecule has 4 bridgehead atoms. The molecule has 1 aromatic heterocycles. The van der Waals surface area contributed by atoms with Crippen LogP contribution in [0.1, 0.15) is 74.0 Å². The minimum absolute atomic E-state index is 0.0153. The number of hydrogen-bond acceptors (Lipinski definition) is 6. The molecule has 3 aromatic rings. The van der Waals surface area contributed by atoms with Gasteiger partial charge >= 0.3 is 6.03 Å². The number of aromatic nitrogens is 2. The lowest BCUT2D eigenvalue weighted by Crippen LogP contribution is -2.60. The molecule has 2 heterocycles. The fourth-order valence-corrected chi connectivity index (χ4v) is 9.02. The molecular weight excluding hydrogens is 548 g/mol. The lowest BCUT2D eigenvalue weighted by molar-refractivity contribution is -0.245. The number of carbonyl (C=O) groups excluding carboxylic acids is 1. The van der Waals surface area contributed by atoms with E-state index in [1.807, 2.05) is 66.3 Å². The van der Waals surface area contributed by atoms with Crippen molar-refractivity contribution in [2.24, 2.45) is 24.8 Å². The minimum Gasteiger partial charge on any atom is -0.392 e. The number of nitrogens with one attached hydrogen (secondary N) is 2. The summed E-state index contributed by atoms with van der Waals surface area (Å²) in [6, 6.07) is 15.6. The summed E-state index contributed by atoms with van der Waals surface area (Å²) in [6.07, 6.45) is 11.2. The van der Waals surface area contributed by atoms with Gasteiger partial charge in [0.1, 0.15) is 0 Å². The highest BCUT2D eigenvalue weighted by Crippen LogP contribution is 2.55. The van der Waals surface area contributed by atoms with E-state index in [-0.39, 0.29) is 30.4 Å². The fourth-order valence-electron chi connectivity index (χ4n) is 8.07. The number of imidazole rings is 1. The molecule has 8 rings (SSSR count). The average Bonchev–Trinajstić information content (AvgIpc) is 3.39. The standard InChI is InChI=1S/C33H40N4O4S/c1-37-11-10-34-32(37)42-20-28-15-29(25-4-2-21(19-38)3-5-25)41-30(40-28)26-6-8-27(9-7-26)35-31(39)36-33-16-22-12-23(17-33)14-24(13-22)18-33/h2-11,22-24,28-30,38H,12-20H2,1H3,(H2,35,36,39). The van der Waals surface area contributed by atoms with E-state index in [0.29, 0.717) is 0 Å². The Labute approximate surface area is 251 Å². The second kappa shape index (κ2) is 11.7. The fraction of sp³-hybridized carbons (Fsp3) is 0.515. The number of carbonyl (C=O) groups is 1. The van der Waals surface area contributed by atoms with Crippen molar-refractivity contribution in [1.82, 2.24) is 14.9 Å². The molecule has 5 fully saturated rings. The van der Waals surface area contributed by atoms with Crippen molar-refractivity contribution in [3.05, 3.63) is 77.6 Å². The van der Waals surface area contributed by atoms with Gasteiger partial charge in [0.2, 0.25) is 0 Å². The highest BCUT2D eigenvalue weighted by molar-refractivity contribution is 7.99. The van der Waals surface area contributed by atoms with Crippen molar-refractivity contribution in [1.29, 1.82) is 0 Å². The molecule has 3 unspecified atom stereocenters. The molecule has 0 spiro atoms. The third-order valence-electron chi connectivity index (χ3n) is 9.65. The lowest BCUT2D eigenvalue weighted by atomic mass is 9.53. The summed E-state index contributed by atoms with van der Waals surface area (Å²) in [6.45, 7) is 0.0153. The smallest absolute Gasteiger partial charge is 0.319 e. The molecule has 3 N–H and O–H groups in total. The molecule has 222 valence electrons. The summed E-state index contributed by atoms with van der Waals surface area (Å²) in [4.78, 5) is 17.5. The number of ether oxygens (including phenoxy) is 2. The van der Waals surface area contributed by atoms with E-state index in [4.69, 9.17) is 9.47 Å². The minimum atomic E-state index is -0.539. The number of benzene rings is 2. The van der Waals surface area contributed by atoms with Gasteiger partial charge in [-0.15, -0.1) is 0 Å². The quantitative estimate of drug-likeness (QED) is 0.266. The first-order valence-corrected chi connectivity index (χ1v) is 16.2. The number of amides is 2. The van der Waals surface area contributed by atoms with Crippen molar-refractivity contribution in [3.63, 3.8) is 0 Å². The second-order valence-electron chi connectivity index (χ2n) is 12.9. The van der Waals surface area contributed by atoms with Crippen LogP contribution in [0, 0.1) is 17.8 Å². The van der Waals surface area contributed by atoms with Crippen LogP contribution in [-0.4, -0.2) is 38.1 Å². The molecule has 2 amide bonds. The van der Waals surface area contributed by atoms with Gasteiger partial charge in [0.25, 0.3) is 0 Å². The van der Waals surface area contributed by atoms with Crippen LogP contribution in [0.25, 0.3) is 0 Å². The van der Waals surface area contributed by atoms with Crippen LogP contribution in [0.4, 0.5) is 10.5 Å².